The molecule has 0 unspecified atom stereocenters. The Morgan fingerprint density at radius 3 is 2.71 bits per heavy atom. The number of pyridine rings is 1. The van der Waals surface area contributed by atoms with Crippen molar-refractivity contribution in [1.29, 1.82) is 0 Å². The Morgan fingerprint density at radius 2 is 2.18 bits per heavy atom. The van der Waals surface area contributed by atoms with Crippen molar-refractivity contribution < 1.29 is 19.4 Å². The highest BCUT2D eigenvalue weighted by atomic mass is 16.5. The van der Waals surface area contributed by atoms with Crippen LogP contribution in [-0.4, -0.2) is 35.6 Å². The van der Waals surface area contributed by atoms with Gasteiger partial charge in [0.05, 0.1) is 0 Å². The van der Waals surface area contributed by atoms with Gasteiger partial charge in [0.1, 0.15) is 12.2 Å². The average Bonchev–Trinajstić information content (AvgIpc) is 2.26. The van der Waals surface area contributed by atoms with Crippen molar-refractivity contribution in [3.05, 3.63) is 35.2 Å². The highest BCUT2D eigenvalue weighted by molar-refractivity contribution is 6.20. The number of nitrogens with zero attached hydrogens (tertiary/aromatic N) is 1. The molecule has 0 saturated heterocycles. The average molecular weight is 235 g/mol. The van der Waals surface area contributed by atoms with Crippen molar-refractivity contribution in [2.75, 3.05) is 13.7 Å². The lowest BCUT2D eigenvalue weighted by molar-refractivity contribution is -0.135. The summed E-state index contributed by atoms with van der Waals surface area (Å²) in [5.74, 6) is -1.84. The number of carboxylic acid groups (broad SMARTS) is 1. The van der Waals surface area contributed by atoms with Crippen molar-refractivity contribution in [3.63, 3.8) is 0 Å². The normalized spacial score (nSPS) is 11.3. The van der Waals surface area contributed by atoms with E-state index in [1.807, 2.05) is 6.92 Å². The van der Waals surface area contributed by atoms with Crippen molar-refractivity contribution in [2.45, 2.75) is 6.92 Å². The second-order valence-electron chi connectivity index (χ2n) is 3.51. The molecule has 0 amide bonds. The number of ether oxygens (including phenoxy) is 1. The quantitative estimate of drug-likeness (QED) is 0.469. The number of aromatic nitrogens is 1. The highest BCUT2D eigenvalue weighted by Gasteiger charge is 2.16. The number of hydrogen-bond acceptors (Lipinski definition) is 4. The van der Waals surface area contributed by atoms with E-state index in [0.29, 0.717) is 5.56 Å². The summed E-state index contributed by atoms with van der Waals surface area (Å²) in [6.45, 7) is 1.58. The van der Waals surface area contributed by atoms with Gasteiger partial charge < -0.3 is 9.84 Å². The molecule has 1 aromatic rings. The summed E-state index contributed by atoms with van der Waals surface area (Å²) in [7, 11) is 1.34. The van der Waals surface area contributed by atoms with E-state index in [0.717, 1.165) is 5.56 Å². The smallest absolute Gasteiger partial charge is 0.339 e. The number of aliphatic carboxylic acids is 1. The van der Waals surface area contributed by atoms with Crippen LogP contribution in [0.3, 0.4) is 0 Å². The lowest BCUT2D eigenvalue weighted by Crippen LogP contribution is -2.16. The van der Waals surface area contributed by atoms with Gasteiger partial charge in [0.2, 0.25) is 0 Å². The summed E-state index contributed by atoms with van der Waals surface area (Å²) in [6, 6.07) is 1.75. The van der Waals surface area contributed by atoms with Crippen LogP contribution >= 0.6 is 0 Å². The molecule has 0 saturated carbocycles. The number of ketones is 1. The zero-order valence-electron chi connectivity index (χ0n) is 9.64. The third kappa shape index (κ3) is 3.81. The molecule has 90 valence electrons. The maximum absolute atomic E-state index is 11.5. The van der Waals surface area contributed by atoms with Gasteiger partial charge in [-0.15, -0.1) is 0 Å². The predicted octanol–water partition coefficient (Wildman–Crippen LogP) is 1.07. The second kappa shape index (κ2) is 5.91. The van der Waals surface area contributed by atoms with Crippen molar-refractivity contribution in [2.24, 2.45) is 0 Å². The van der Waals surface area contributed by atoms with Gasteiger partial charge in [-0.2, -0.15) is 0 Å². The standard InChI is InChI=1S/C12H13NO4/c1-8-3-9(6-13-5-8)4-10(12(15)16)11(14)7-17-2/h3-6H,7H2,1-2H3,(H,15,16)/b10-4-. The monoisotopic (exact) mass is 235 g/mol. The first-order chi connectivity index (χ1) is 8.04. The molecular weight excluding hydrogens is 222 g/mol. The molecule has 0 fully saturated rings. The third-order valence-corrected chi connectivity index (χ3v) is 2.01. The Kier molecular flexibility index (Phi) is 4.54. The molecule has 5 heteroatoms. The van der Waals surface area contributed by atoms with Gasteiger partial charge in [-0.05, 0) is 30.2 Å². The van der Waals surface area contributed by atoms with Crippen LogP contribution in [0.5, 0.6) is 0 Å². The molecule has 0 spiro atoms. The lowest BCUT2D eigenvalue weighted by Gasteiger charge is -2.01. The molecule has 0 aliphatic heterocycles. The Labute approximate surface area is 98.7 Å². The van der Waals surface area contributed by atoms with Crippen LogP contribution in [0.2, 0.25) is 0 Å². The van der Waals surface area contributed by atoms with Crippen LogP contribution in [0.1, 0.15) is 11.1 Å². The summed E-state index contributed by atoms with van der Waals surface area (Å²) >= 11 is 0. The fourth-order valence-corrected chi connectivity index (χ4v) is 1.29. The van der Waals surface area contributed by atoms with Gasteiger partial charge in [0, 0.05) is 19.5 Å². The molecule has 0 bridgehead atoms. The molecule has 17 heavy (non-hydrogen) atoms. The molecule has 0 atom stereocenters. The molecule has 0 aliphatic carbocycles. The number of carbonyl (C=O) groups excluding carboxylic acids is 1. The zero-order valence-corrected chi connectivity index (χ0v) is 9.64. The van der Waals surface area contributed by atoms with Gasteiger partial charge in [-0.3, -0.25) is 9.78 Å². The van der Waals surface area contributed by atoms with E-state index < -0.39 is 11.8 Å². The molecule has 1 heterocycles. The van der Waals surface area contributed by atoms with E-state index in [1.165, 1.54) is 19.4 Å². The van der Waals surface area contributed by atoms with Crippen molar-refractivity contribution in [3.8, 4) is 0 Å². The minimum absolute atomic E-state index is 0.253. The SMILES string of the molecule is COCC(=O)/C(=C/c1cncc(C)c1)C(=O)O. The van der Waals surface area contributed by atoms with Crippen LogP contribution in [0.25, 0.3) is 6.08 Å². The van der Waals surface area contributed by atoms with Crippen LogP contribution in [-0.2, 0) is 14.3 Å². The minimum atomic E-state index is -1.27. The molecule has 0 radical (unpaired) electrons. The van der Waals surface area contributed by atoms with Crippen LogP contribution in [0.4, 0.5) is 0 Å². The Hall–Kier alpha value is -2.01. The molecule has 5 nitrogen and oxygen atoms in total. The summed E-state index contributed by atoms with van der Waals surface area (Å²) in [4.78, 5) is 26.3. The molecular formula is C12H13NO4. The first-order valence-electron chi connectivity index (χ1n) is 4.93. The predicted molar refractivity (Wildman–Crippen MR) is 61.5 cm³/mol. The van der Waals surface area contributed by atoms with Crippen LogP contribution < -0.4 is 0 Å². The number of aryl methyl sites for hydroxylation is 1. The molecule has 0 aliphatic rings. The largest absolute Gasteiger partial charge is 0.478 e. The van der Waals surface area contributed by atoms with Crippen LogP contribution in [0.15, 0.2) is 24.0 Å². The minimum Gasteiger partial charge on any atom is -0.478 e. The molecule has 1 N–H and O–H groups in total. The number of carbonyl (C=O) groups is 2. The third-order valence-electron chi connectivity index (χ3n) is 2.01. The fourth-order valence-electron chi connectivity index (χ4n) is 1.29. The van der Waals surface area contributed by atoms with E-state index in [4.69, 9.17) is 5.11 Å². The van der Waals surface area contributed by atoms with Crippen molar-refractivity contribution >= 4 is 17.8 Å². The van der Waals surface area contributed by atoms with Gasteiger partial charge in [0.15, 0.2) is 5.78 Å². The molecule has 1 aromatic heterocycles. The van der Waals surface area contributed by atoms with Gasteiger partial charge in [-0.1, -0.05) is 0 Å². The number of carboxylic acids is 1. The Morgan fingerprint density at radius 1 is 1.47 bits per heavy atom. The van der Waals surface area contributed by atoms with E-state index in [2.05, 4.69) is 9.72 Å². The van der Waals surface area contributed by atoms with Crippen molar-refractivity contribution in [1.82, 2.24) is 4.98 Å². The highest BCUT2D eigenvalue weighted by Crippen LogP contribution is 2.09. The van der Waals surface area contributed by atoms with Gasteiger partial charge in [-0.25, -0.2) is 4.79 Å². The van der Waals surface area contributed by atoms with Gasteiger partial charge >= 0.3 is 5.97 Å². The summed E-state index contributed by atoms with van der Waals surface area (Å²) in [5, 5.41) is 8.94. The molecule has 1 rings (SSSR count). The topological polar surface area (TPSA) is 76.5 Å². The van der Waals surface area contributed by atoms with E-state index in [-0.39, 0.29) is 12.2 Å². The first-order valence-corrected chi connectivity index (χ1v) is 4.93. The van der Waals surface area contributed by atoms with E-state index in [1.54, 1.807) is 12.3 Å². The number of Topliss-reactive ketones (excluding diaryl/α,β-unsaturated/α-hetero) is 1. The Balaban J connectivity index is 3.06. The van der Waals surface area contributed by atoms with Crippen LogP contribution in [0, 0.1) is 6.92 Å². The maximum Gasteiger partial charge on any atom is 0.339 e. The van der Waals surface area contributed by atoms with E-state index >= 15 is 0 Å². The second-order valence-corrected chi connectivity index (χ2v) is 3.51. The molecule has 0 aromatic carbocycles. The zero-order chi connectivity index (χ0) is 12.8. The summed E-state index contributed by atoms with van der Waals surface area (Å²) in [5.41, 5.74) is 1.16. The number of rotatable bonds is 5. The maximum atomic E-state index is 11.5. The summed E-state index contributed by atoms with van der Waals surface area (Å²) in [6.07, 6.45) is 4.44. The first kappa shape index (κ1) is 13.1. The Bertz CT molecular complexity index is 465. The summed E-state index contributed by atoms with van der Waals surface area (Å²) < 4.78 is 4.63. The lowest BCUT2D eigenvalue weighted by atomic mass is 10.1. The fraction of sp³-hybridized carbons (Fsp3) is 0.250. The van der Waals surface area contributed by atoms with E-state index in [9.17, 15) is 9.59 Å². The number of methoxy groups -OCH3 is 1. The number of hydrogen-bond donors (Lipinski definition) is 1. The van der Waals surface area contributed by atoms with Gasteiger partial charge in [0.25, 0.3) is 0 Å².